The van der Waals surface area contributed by atoms with Gasteiger partial charge in [0.15, 0.2) is 11.0 Å². The predicted octanol–water partition coefficient (Wildman–Crippen LogP) is 2.25. The van der Waals surface area contributed by atoms with Crippen molar-refractivity contribution in [3.8, 4) is 5.75 Å². The molecule has 4 rings (SSSR count). The second kappa shape index (κ2) is 8.15. The Kier molecular flexibility index (Phi) is 5.38. The van der Waals surface area contributed by atoms with Gasteiger partial charge in [0.1, 0.15) is 17.2 Å². The van der Waals surface area contributed by atoms with Gasteiger partial charge in [-0.15, -0.1) is 0 Å². The van der Waals surface area contributed by atoms with E-state index in [0.717, 1.165) is 10.2 Å². The van der Waals surface area contributed by atoms with Gasteiger partial charge in [0.05, 0.1) is 11.3 Å². The summed E-state index contributed by atoms with van der Waals surface area (Å²) >= 11 is 1.34. The van der Waals surface area contributed by atoms with Crippen LogP contribution in [-0.2, 0) is 0 Å². The van der Waals surface area contributed by atoms with E-state index in [2.05, 4.69) is 20.1 Å². The van der Waals surface area contributed by atoms with Crippen molar-refractivity contribution >= 4 is 34.8 Å². The smallest absolute Gasteiger partial charge is 0.372 e. The molecular formula is C21H18N6O3S. The number of nitrogens with zero attached hydrogens (tertiary/aromatic N) is 5. The number of fused-ring (bicyclic) bond motifs is 1. The summed E-state index contributed by atoms with van der Waals surface area (Å²) < 4.78 is 1.11. The predicted molar refractivity (Wildman–Crippen MR) is 119 cm³/mol. The number of phenols is 1. The van der Waals surface area contributed by atoms with Crippen LogP contribution in [0.4, 0.5) is 5.69 Å². The number of aromatic hydroxyl groups is 1. The molecule has 0 aliphatic carbocycles. The van der Waals surface area contributed by atoms with Crippen LogP contribution in [0.15, 0.2) is 62.5 Å². The molecule has 0 saturated carbocycles. The molecule has 2 heterocycles. The van der Waals surface area contributed by atoms with Crippen LogP contribution in [0.5, 0.6) is 5.75 Å². The summed E-state index contributed by atoms with van der Waals surface area (Å²) in [6, 6.07) is 12.3. The average Bonchev–Trinajstić information content (AvgIpc) is 3.10. The molecule has 0 fully saturated rings. The lowest BCUT2D eigenvalue weighted by Crippen LogP contribution is -2.24. The molecule has 9 nitrogen and oxygen atoms in total. The van der Waals surface area contributed by atoms with Crippen LogP contribution in [0, 0.1) is 6.92 Å². The minimum Gasteiger partial charge on any atom is -0.507 e. The first-order chi connectivity index (χ1) is 14.9. The van der Waals surface area contributed by atoms with Crippen LogP contribution in [0.1, 0.15) is 34.2 Å². The van der Waals surface area contributed by atoms with Gasteiger partial charge in [-0.25, -0.2) is 14.8 Å². The molecular weight excluding hydrogens is 416 g/mol. The zero-order chi connectivity index (χ0) is 22.1. The highest BCUT2D eigenvalue weighted by molar-refractivity contribution is 7.99. The number of thioether (sulfide) groups is 1. The first-order valence-electron chi connectivity index (χ1n) is 9.40. The number of amides is 1. The second-order valence-electron chi connectivity index (χ2n) is 6.66. The molecule has 1 amide bonds. The average molecular weight is 434 g/mol. The highest BCUT2D eigenvalue weighted by atomic mass is 32.2. The fourth-order valence-corrected chi connectivity index (χ4v) is 3.66. The van der Waals surface area contributed by atoms with E-state index in [1.165, 1.54) is 17.8 Å². The quantitative estimate of drug-likeness (QED) is 0.591. The monoisotopic (exact) mass is 434 g/mol. The Morgan fingerprint density at radius 2 is 1.97 bits per heavy atom. The van der Waals surface area contributed by atoms with Crippen LogP contribution in [0.3, 0.4) is 0 Å². The van der Waals surface area contributed by atoms with Crippen molar-refractivity contribution in [2.24, 2.45) is 15.8 Å². The standard InChI is InChI=1S/C21H18N6O3S/c1-3-31-20-24-19-16(23-13-9-11(2)17(28)14(10-13)18(22)29)15(12-7-5-4-6-8-12)26-27(19)21(30)25-20/h4-10,28H,3H2,1-2H3,(H2,22,29). The molecule has 1 aliphatic heterocycles. The molecule has 1 aliphatic rings. The number of hydrogen-bond donors (Lipinski definition) is 2. The number of aryl methyl sites for hydroxylation is 1. The van der Waals surface area contributed by atoms with E-state index in [-0.39, 0.29) is 17.1 Å². The summed E-state index contributed by atoms with van der Waals surface area (Å²) in [5.74, 6) is -0.0193. The number of carbonyl (C=O) groups is 1. The lowest BCUT2D eigenvalue weighted by atomic mass is 10.0. The maximum atomic E-state index is 12.6. The van der Waals surface area contributed by atoms with E-state index >= 15 is 0 Å². The summed E-state index contributed by atoms with van der Waals surface area (Å²) in [4.78, 5) is 37.4. The van der Waals surface area contributed by atoms with E-state index in [0.29, 0.717) is 33.6 Å². The third-order valence-electron chi connectivity index (χ3n) is 4.52. The van der Waals surface area contributed by atoms with Gasteiger partial charge >= 0.3 is 5.69 Å². The first-order valence-corrected chi connectivity index (χ1v) is 10.4. The van der Waals surface area contributed by atoms with Crippen molar-refractivity contribution < 1.29 is 9.90 Å². The molecule has 0 bridgehead atoms. The summed E-state index contributed by atoms with van der Waals surface area (Å²) in [5, 5.41) is 14.9. The van der Waals surface area contributed by atoms with E-state index < -0.39 is 11.6 Å². The minimum atomic E-state index is -0.772. The van der Waals surface area contributed by atoms with Crippen LogP contribution < -0.4 is 11.4 Å². The molecule has 10 heteroatoms. The van der Waals surface area contributed by atoms with Gasteiger partial charge in [0, 0.05) is 5.56 Å². The lowest BCUT2D eigenvalue weighted by Gasteiger charge is -2.08. The zero-order valence-electron chi connectivity index (χ0n) is 16.7. The highest BCUT2D eigenvalue weighted by Gasteiger charge is 2.28. The number of nitrogens with two attached hydrogens (primary N) is 1. The largest absolute Gasteiger partial charge is 0.507 e. The van der Waals surface area contributed by atoms with Crippen LogP contribution in [-0.4, -0.2) is 42.8 Å². The summed E-state index contributed by atoms with van der Waals surface area (Å²) in [6.45, 7) is 3.58. The van der Waals surface area contributed by atoms with Crippen molar-refractivity contribution in [3.63, 3.8) is 0 Å². The van der Waals surface area contributed by atoms with Crippen LogP contribution >= 0.6 is 11.8 Å². The Balaban J connectivity index is 1.95. The van der Waals surface area contributed by atoms with Gasteiger partial charge in [-0.2, -0.15) is 14.8 Å². The van der Waals surface area contributed by atoms with Gasteiger partial charge in [0.25, 0.3) is 5.91 Å². The molecule has 3 aromatic rings. The maximum absolute atomic E-state index is 12.6. The van der Waals surface area contributed by atoms with E-state index in [1.54, 1.807) is 13.0 Å². The van der Waals surface area contributed by atoms with Gasteiger partial charge < -0.3 is 10.8 Å². The molecule has 0 spiro atoms. The fraction of sp³-hybridized carbons (Fsp3) is 0.143. The Hall–Kier alpha value is -3.79. The van der Waals surface area contributed by atoms with Gasteiger partial charge in [-0.1, -0.05) is 49.0 Å². The van der Waals surface area contributed by atoms with E-state index in [1.807, 2.05) is 37.3 Å². The summed E-state index contributed by atoms with van der Waals surface area (Å²) in [7, 11) is 0. The molecule has 3 N–H and O–H groups in total. The first kappa shape index (κ1) is 20.5. The van der Waals surface area contributed by atoms with Crippen molar-refractivity contribution in [1.29, 1.82) is 0 Å². The zero-order valence-corrected chi connectivity index (χ0v) is 17.6. The Bertz CT molecular complexity index is 1310. The Morgan fingerprint density at radius 1 is 1.23 bits per heavy atom. The van der Waals surface area contributed by atoms with Crippen LogP contribution in [0.25, 0.3) is 0 Å². The second-order valence-corrected chi connectivity index (χ2v) is 7.89. The molecule has 0 unspecified atom stereocenters. The molecule has 0 radical (unpaired) electrons. The van der Waals surface area contributed by atoms with Crippen molar-refractivity contribution in [2.45, 2.75) is 19.0 Å². The number of benzene rings is 2. The number of carbonyl (C=O) groups excluding carboxylic acids is 1. The third kappa shape index (κ3) is 3.84. The van der Waals surface area contributed by atoms with Crippen molar-refractivity contribution in [1.82, 2.24) is 14.6 Å². The van der Waals surface area contributed by atoms with Crippen molar-refractivity contribution in [2.75, 3.05) is 5.75 Å². The van der Waals surface area contributed by atoms with Gasteiger partial charge in [-0.05, 0) is 30.4 Å². The normalized spacial score (nSPS) is 13.9. The topological polar surface area (TPSA) is 136 Å². The minimum absolute atomic E-state index is 0.0437. The number of aliphatic imine (C=N–C) groups is 1. The maximum Gasteiger partial charge on any atom is 0.372 e. The Labute approximate surface area is 181 Å². The SMILES string of the molecule is CCSc1nc2n(c(=O)n1)N=C(c1ccccc1)C2=Nc1cc(C)c(O)c(C(N)=O)c1. The molecule has 1 aromatic heterocycles. The van der Waals surface area contributed by atoms with E-state index in [9.17, 15) is 14.7 Å². The van der Waals surface area contributed by atoms with Crippen LogP contribution in [0.2, 0.25) is 0 Å². The van der Waals surface area contributed by atoms with Gasteiger partial charge in [-0.3, -0.25) is 4.79 Å². The highest BCUT2D eigenvalue weighted by Crippen LogP contribution is 2.29. The number of rotatable bonds is 5. The third-order valence-corrected chi connectivity index (χ3v) is 5.25. The fourth-order valence-electron chi connectivity index (χ4n) is 3.11. The molecule has 31 heavy (non-hydrogen) atoms. The molecule has 2 aromatic carbocycles. The number of aromatic nitrogens is 3. The van der Waals surface area contributed by atoms with Crippen molar-refractivity contribution in [3.05, 3.63) is 75.5 Å². The van der Waals surface area contributed by atoms with E-state index in [4.69, 9.17) is 5.73 Å². The Morgan fingerprint density at radius 3 is 2.65 bits per heavy atom. The molecule has 156 valence electrons. The molecule has 0 saturated heterocycles. The number of hydrogen-bond acceptors (Lipinski definition) is 8. The molecule has 0 atom stereocenters. The summed E-state index contributed by atoms with van der Waals surface area (Å²) in [6.07, 6.45) is 0. The summed E-state index contributed by atoms with van der Waals surface area (Å²) in [5.41, 5.74) is 7.13. The number of primary amides is 1. The lowest BCUT2D eigenvalue weighted by molar-refractivity contribution is 0.0997. The van der Waals surface area contributed by atoms with Gasteiger partial charge in [0.2, 0.25) is 0 Å².